The lowest BCUT2D eigenvalue weighted by Gasteiger charge is -2.43. The smallest absolute Gasteiger partial charge is 0.328 e. The minimum Gasteiger partial charge on any atom is -0.493 e. The Bertz CT molecular complexity index is 999. The number of carbonyl (C=O) groups is 3. The average Bonchev–Trinajstić information content (AvgIpc) is 2.88. The topological polar surface area (TPSA) is 129 Å². The summed E-state index contributed by atoms with van der Waals surface area (Å²) in [7, 11) is 5.44. The van der Waals surface area contributed by atoms with Gasteiger partial charge in [-0.1, -0.05) is 12.8 Å². The number of hydrogen-bond acceptors (Lipinski definition) is 7. The summed E-state index contributed by atoms with van der Waals surface area (Å²) in [6.07, 6.45) is 7.39. The number of carbonyl (C=O) groups excluding carboxylic acids is 1. The molecular weight excluding hydrogens is 466 g/mol. The van der Waals surface area contributed by atoms with Gasteiger partial charge < -0.3 is 24.6 Å². The molecule has 2 heterocycles. The van der Waals surface area contributed by atoms with E-state index in [2.05, 4.69) is 18.0 Å². The molecule has 2 atom stereocenters. The summed E-state index contributed by atoms with van der Waals surface area (Å²) in [4.78, 5) is 34.7. The average molecular weight is 502 g/mol. The van der Waals surface area contributed by atoms with Gasteiger partial charge in [-0.25, -0.2) is 14.6 Å². The van der Waals surface area contributed by atoms with Crippen molar-refractivity contribution in [2.24, 2.45) is 16.9 Å². The number of piperidine rings is 1. The number of carboxylic acids is 2. The highest BCUT2D eigenvalue weighted by Crippen LogP contribution is 2.40. The van der Waals surface area contributed by atoms with Gasteiger partial charge in [0.15, 0.2) is 11.5 Å². The number of rotatable bonds is 6. The number of hydrazone groups is 1. The van der Waals surface area contributed by atoms with Crippen molar-refractivity contribution in [3.8, 4) is 11.5 Å². The molecule has 3 aliphatic rings. The van der Waals surface area contributed by atoms with Crippen LogP contribution in [-0.4, -0.2) is 84.1 Å². The number of nitrogens with zero attached hydrogens (tertiary/aromatic N) is 3. The molecule has 10 heteroatoms. The fourth-order valence-corrected chi connectivity index (χ4v) is 5.07. The van der Waals surface area contributed by atoms with Crippen molar-refractivity contribution in [2.45, 2.75) is 44.6 Å². The van der Waals surface area contributed by atoms with E-state index in [0.717, 1.165) is 62.9 Å². The Labute approximate surface area is 211 Å². The first-order valence-corrected chi connectivity index (χ1v) is 12.2. The zero-order chi connectivity index (χ0) is 26.2. The molecule has 0 radical (unpaired) electrons. The van der Waals surface area contributed by atoms with Crippen LogP contribution in [0.15, 0.2) is 35.5 Å². The molecule has 10 nitrogen and oxygen atoms in total. The van der Waals surface area contributed by atoms with Gasteiger partial charge in [0, 0.05) is 29.6 Å². The van der Waals surface area contributed by atoms with Crippen molar-refractivity contribution >= 4 is 23.6 Å². The zero-order valence-electron chi connectivity index (χ0n) is 21.1. The van der Waals surface area contributed by atoms with Gasteiger partial charge in [-0.3, -0.25) is 4.79 Å². The first-order chi connectivity index (χ1) is 17.2. The highest BCUT2D eigenvalue weighted by Gasteiger charge is 2.43. The van der Waals surface area contributed by atoms with Crippen LogP contribution < -0.4 is 9.47 Å². The van der Waals surface area contributed by atoms with Gasteiger partial charge in [0.1, 0.15) is 0 Å². The molecule has 1 saturated carbocycles. The van der Waals surface area contributed by atoms with Gasteiger partial charge >= 0.3 is 11.9 Å². The fourth-order valence-electron chi connectivity index (χ4n) is 5.07. The van der Waals surface area contributed by atoms with E-state index in [0.29, 0.717) is 23.7 Å². The van der Waals surface area contributed by atoms with Gasteiger partial charge in [0.25, 0.3) is 0 Å². The second-order valence-corrected chi connectivity index (χ2v) is 9.28. The highest BCUT2D eigenvalue weighted by molar-refractivity contribution is 6.07. The van der Waals surface area contributed by atoms with Crippen LogP contribution in [0.2, 0.25) is 0 Å². The number of likely N-dealkylation sites (tertiary alicyclic amines) is 1. The van der Waals surface area contributed by atoms with E-state index in [1.807, 2.05) is 17.1 Å². The van der Waals surface area contributed by atoms with Crippen molar-refractivity contribution in [3.05, 3.63) is 35.9 Å². The molecule has 1 aromatic rings. The van der Waals surface area contributed by atoms with E-state index in [4.69, 9.17) is 24.8 Å². The van der Waals surface area contributed by atoms with E-state index in [9.17, 15) is 14.4 Å². The predicted octanol–water partition coefficient (Wildman–Crippen LogP) is 2.86. The summed E-state index contributed by atoms with van der Waals surface area (Å²) in [6.45, 7) is 2.04. The molecule has 2 unspecified atom stereocenters. The molecule has 0 bridgehead atoms. The van der Waals surface area contributed by atoms with Crippen LogP contribution in [-0.2, 0) is 14.4 Å². The number of fused-ring (bicyclic) bond motifs is 1. The third kappa shape index (κ3) is 6.63. The molecule has 36 heavy (non-hydrogen) atoms. The van der Waals surface area contributed by atoms with E-state index in [-0.39, 0.29) is 23.8 Å². The molecular formula is C26H35N3O7. The molecule has 1 amide bonds. The number of amides is 1. The largest absolute Gasteiger partial charge is 0.493 e. The molecule has 2 aliphatic heterocycles. The number of aliphatic carboxylic acids is 2. The maximum atomic E-state index is 13.3. The van der Waals surface area contributed by atoms with Crippen LogP contribution in [0.3, 0.4) is 0 Å². The van der Waals surface area contributed by atoms with Crippen LogP contribution in [0.4, 0.5) is 0 Å². The Balaban J connectivity index is 0.000000392. The van der Waals surface area contributed by atoms with E-state index < -0.39 is 11.9 Å². The van der Waals surface area contributed by atoms with Crippen molar-refractivity contribution < 1.29 is 34.1 Å². The number of carboxylic acid groups (broad SMARTS) is 2. The summed E-state index contributed by atoms with van der Waals surface area (Å²) in [5, 5.41) is 22.4. The van der Waals surface area contributed by atoms with Crippen LogP contribution in [0.1, 0.15) is 44.1 Å². The van der Waals surface area contributed by atoms with Gasteiger partial charge in [-0.2, -0.15) is 5.10 Å². The monoisotopic (exact) mass is 501 g/mol. The maximum Gasteiger partial charge on any atom is 0.328 e. The van der Waals surface area contributed by atoms with Crippen LogP contribution >= 0.6 is 0 Å². The second kappa shape index (κ2) is 12.5. The number of methoxy groups -OCH3 is 2. The fraction of sp³-hybridized carbons (Fsp3) is 0.538. The lowest BCUT2D eigenvalue weighted by Crippen LogP contribution is -2.52. The molecule has 196 valence electrons. The predicted molar refractivity (Wildman–Crippen MR) is 133 cm³/mol. The van der Waals surface area contributed by atoms with Crippen molar-refractivity contribution in [1.82, 2.24) is 9.91 Å². The lowest BCUT2D eigenvalue weighted by atomic mass is 9.73. The van der Waals surface area contributed by atoms with Crippen molar-refractivity contribution in [3.63, 3.8) is 0 Å². The first kappa shape index (κ1) is 27.2. The molecule has 1 aliphatic carbocycles. The first-order valence-electron chi connectivity index (χ1n) is 12.2. The molecule has 1 aromatic carbocycles. The summed E-state index contributed by atoms with van der Waals surface area (Å²) < 4.78 is 10.9. The second-order valence-electron chi connectivity index (χ2n) is 9.28. The quantitative estimate of drug-likeness (QED) is 0.570. The third-order valence-corrected chi connectivity index (χ3v) is 6.96. The summed E-state index contributed by atoms with van der Waals surface area (Å²) in [5.41, 5.74) is 2.09. The molecule has 4 rings (SSSR count). The molecule has 1 saturated heterocycles. The Morgan fingerprint density at radius 2 is 1.53 bits per heavy atom. The summed E-state index contributed by atoms with van der Waals surface area (Å²) in [6, 6.07) is 6.20. The zero-order valence-corrected chi connectivity index (χ0v) is 21.1. The Kier molecular flexibility index (Phi) is 9.46. The van der Waals surface area contributed by atoms with Crippen molar-refractivity contribution in [2.75, 3.05) is 34.4 Å². The minimum atomic E-state index is -1.26. The third-order valence-electron chi connectivity index (χ3n) is 6.96. The van der Waals surface area contributed by atoms with E-state index in [1.165, 1.54) is 0 Å². The summed E-state index contributed by atoms with van der Waals surface area (Å²) in [5.74, 6) is -0.581. The van der Waals surface area contributed by atoms with E-state index in [1.54, 1.807) is 14.2 Å². The van der Waals surface area contributed by atoms with E-state index >= 15 is 0 Å². The number of hydrogen-bond donors (Lipinski definition) is 2. The van der Waals surface area contributed by atoms with Crippen LogP contribution in [0.25, 0.3) is 0 Å². The summed E-state index contributed by atoms with van der Waals surface area (Å²) >= 11 is 0. The Hall–Kier alpha value is -3.40. The molecule has 0 spiro atoms. The Morgan fingerprint density at radius 3 is 2.08 bits per heavy atom. The minimum absolute atomic E-state index is 0.0639. The van der Waals surface area contributed by atoms with Gasteiger partial charge in [-0.15, -0.1) is 0 Å². The molecule has 0 aromatic heterocycles. The number of ether oxygens (including phenoxy) is 2. The lowest BCUT2D eigenvalue weighted by molar-refractivity contribution is -0.142. The Morgan fingerprint density at radius 1 is 0.944 bits per heavy atom. The van der Waals surface area contributed by atoms with Crippen LogP contribution in [0, 0.1) is 11.8 Å². The molecule has 2 N–H and O–H groups in total. The SMILES string of the molecule is COc1ccc(C2=NN(C3CCN(C)CC3)C(=O)C3CCCCC23)cc1OC.O=C(O)C=CC(=O)O. The molecule has 2 fully saturated rings. The van der Waals surface area contributed by atoms with Gasteiger partial charge in [-0.05, 0) is 64.0 Å². The standard InChI is InChI=1S/C22H31N3O3.C4H4O4/c1-24-12-10-16(11-13-24)25-22(26)18-7-5-4-6-17(18)21(23-25)15-8-9-19(27-2)20(14-15)28-3;5-3(6)1-2-4(7)8/h8-9,14,16-18H,4-7,10-13H2,1-3H3;1-2H,(H,5,6)(H,7,8). The highest BCUT2D eigenvalue weighted by atomic mass is 16.5. The van der Waals surface area contributed by atoms with Crippen LogP contribution in [0.5, 0.6) is 11.5 Å². The van der Waals surface area contributed by atoms with Crippen molar-refractivity contribution in [1.29, 1.82) is 0 Å². The number of benzene rings is 1. The normalized spacial score (nSPS) is 22.8. The van der Waals surface area contributed by atoms with Gasteiger partial charge in [0.2, 0.25) is 5.91 Å². The van der Waals surface area contributed by atoms with Gasteiger partial charge in [0.05, 0.1) is 26.0 Å². The maximum absolute atomic E-state index is 13.3.